The number of halogens is 2. The van der Waals surface area contributed by atoms with Gasteiger partial charge in [0.2, 0.25) is 5.43 Å². The Morgan fingerprint density at radius 3 is 2.73 bits per heavy atom. The van der Waals surface area contributed by atoms with Gasteiger partial charge in [0.15, 0.2) is 11.4 Å². The largest absolute Gasteiger partial charge is 0.503 e. The van der Waals surface area contributed by atoms with E-state index in [1.54, 1.807) is 0 Å². The third-order valence-corrected chi connectivity index (χ3v) is 5.53. The van der Waals surface area contributed by atoms with E-state index in [-0.39, 0.29) is 36.0 Å². The number of unbranched alkanes of at least 4 members (excludes halogenated alkanes) is 1. The highest BCUT2D eigenvalue weighted by atomic mass is 19.1. The van der Waals surface area contributed by atoms with Crippen molar-refractivity contribution in [1.82, 2.24) is 14.8 Å². The van der Waals surface area contributed by atoms with Crippen molar-refractivity contribution in [2.45, 2.75) is 45.8 Å². The Kier molecular flexibility index (Phi) is 7.80. The van der Waals surface area contributed by atoms with Crippen LogP contribution in [0.5, 0.6) is 5.75 Å². The Morgan fingerprint density at radius 1 is 1.27 bits per heavy atom. The van der Waals surface area contributed by atoms with Gasteiger partial charge in [0, 0.05) is 44.1 Å². The van der Waals surface area contributed by atoms with Crippen LogP contribution in [-0.4, -0.2) is 52.2 Å². The average molecular weight is 463 g/mol. The fraction of sp³-hybridized carbons (Fsp3) is 0.435. The van der Waals surface area contributed by atoms with Gasteiger partial charge < -0.3 is 24.6 Å². The number of benzene rings is 1. The van der Waals surface area contributed by atoms with Gasteiger partial charge in [-0.3, -0.25) is 14.4 Å². The van der Waals surface area contributed by atoms with E-state index < -0.39 is 34.6 Å². The molecule has 10 heteroatoms. The molecule has 1 aromatic heterocycles. The van der Waals surface area contributed by atoms with E-state index in [9.17, 15) is 28.3 Å². The van der Waals surface area contributed by atoms with E-state index in [4.69, 9.17) is 4.74 Å². The van der Waals surface area contributed by atoms with E-state index in [0.29, 0.717) is 25.8 Å². The maximum Gasteiger partial charge on any atom is 0.274 e. The minimum absolute atomic E-state index is 0.0352. The summed E-state index contributed by atoms with van der Waals surface area (Å²) >= 11 is 0. The molecule has 0 radical (unpaired) electrons. The number of pyridine rings is 1. The minimum Gasteiger partial charge on any atom is -0.503 e. The second-order valence-corrected chi connectivity index (χ2v) is 7.96. The number of nitrogens with zero attached hydrogens (tertiary/aromatic N) is 2. The van der Waals surface area contributed by atoms with Crippen molar-refractivity contribution in [2.24, 2.45) is 0 Å². The van der Waals surface area contributed by atoms with Crippen LogP contribution < -0.4 is 10.7 Å². The molecule has 0 aliphatic carbocycles. The molecule has 33 heavy (non-hydrogen) atoms. The summed E-state index contributed by atoms with van der Waals surface area (Å²) in [6, 6.07) is 2.67. The van der Waals surface area contributed by atoms with E-state index in [1.807, 2.05) is 13.8 Å². The van der Waals surface area contributed by atoms with Crippen LogP contribution in [0, 0.1) is 11.6 Å². The summed E-state index contributed by atoms with van der Waals surface area (Å²) in [6.45, 7) is 5.09. The monoisotopic (exact) mass is 463 g/mol. The molecular weight excluding hydrogens is 436 g/mol. The van der Waals surface area contributed by atoms with Crippen LogP contribution in [0.25, 0.3) is 0 Å². The molecule has 0 fully saturated rings. The van der Waals surface area contributed by atoms with Gasteiger partial charge in [-0.2, -0.15) is 0 Å². The van der Waals surface area contributed by atoms with Gasteiger partial charge in [-0.05, 0) is 19.4 Å². The second-order valence-electron chi connectivity index (χ2n) is 7.96. The van der Waals surface area contributed by atoms with E-state index in [1.165, 1.54) is 21.7 Å². The lowest BCUT2D eigenvalue weighted by atomic mass is 10.1. The van der Waals surface area contributed by atoms with Crippen molar-refractivity contribution in [1.29, 1.82) is 0 Å². The number of rotatable bonds is 9. The smallest absolute Gasteiger partial charge is 0.274 e. The fourth-order valence-corrected chi connectivity index (χ4v) is 3.61. The van der Waals surface area contributed by atoms with Crippen LogP contribution in [0.4, 0.5) is 8.78 Å². The lowest BCUT2D eigenvalue weighted by Crippen LogP contribution is -2.48. The molecule has 0 saturated carbocycles. The Balaban J connectivity index is 1.75. The van der Waals surface area contributed by atoms with E-state index >= 15 is 0 Å². The average Bonchev–Trinajstić information content (AvgIpc) is 2.78. The highest BCUT2D eigenvalue weighted by Gasteiger charge is 2.33. The number of hydrogen-bond donors (Lipinski definition) is 2. The first-order chi connectivity index (χ1) is 15.7. The van der Waals surface area contributed by atoms with Gasteiger partial charge in [-0.25, -0.2) is 8.78 Å². The zero-order valence-corrected chi connectivity index (χ0v) is 18.6. The molecule has 2 aromatic rings. The summed E-state index contributed by atoms with van der Waals surface area (Å²) in [5, 5.41) is 12.8. The predicted molar refractivity (Wildman–Crippen MR) is 116 cm³/mol. The van der Waals surface area contributed by atoms with E-state index in [0.717, 1.165) is 18.9 Å². The van der Waals surface area contributed by atoms with Gasteiger partial charge in [0.1, 0.15) is 17.2 Å². The summed E-state index contributed by atoms with van der Waals surface area (Å²) in [5.74, 6) is -3.77. The standard InChI is InChI=1S/C23H27F2N3O5/c1-3-4-9-33-13-14(2)28-8-7-27-12-17(20(29)21(30)19(27)23(28)32)22(31)26-11-15-5-6-16(24)10-18(15)25/h5-6,10,12,14,30H,3-4,7-9,11,13H2,1-2H3,(H,26,31)/t14-/m1/s1. The number of nitrogens with one attached hydrogen (secondary N) is 1. The number of carbonyl (C=O) groups is 2. The molecule has 2 heterocycles. The van der Waals surface area contributed by atoms with Crippen molar-refractivity contribution in [2.75, 3.05) is 19.8 Å². The number of ether oxygens (including phenoxy) is 1. The number of hydrogen-bond acceptors (Lipinski definition) is 5. The van der Waals surface area contributed by atoms with Crippen molar-refractivity contribution < 1.29 is 28.2 Å². The molecule has 2 amide bonds. The molecule has 0 bridgehead atoms. The molecular formula is C23H27F2N3O5. The maximum atomic E-state index is 13.8. The van der Waals surface area contributed by atoms with Crippen molar-refractivity contribution >= 4 is 11.8 Å². The molecule has 0 saturated heterocycles. The quantitative estimate of drug-likeness (QED) is 0.557. The molecule has 1 aliphatic rings. The number of carbonyl (C=O) groups excluding carboxylic acids is 2. The Hall–Kier alpha value is -3.27. The predicted octanol–water partition coefficient (Wildman–Crippen LogP) is 2.42. The molecule has 1 atom stereocenters. The second kappa shape index (κ2) is 10.6. The fourth-order valence-electron chi connectivity index (χ4n) is 3.61. The lowest BCUT2D eigenvalue weighted by Gasteiger charge is -2.34. The van der Waals surface area contributed by atoms with Crippen LogP contribution in [0.15, 0.2) is 29.2 Å². The number of amides is 2. The van der Waals surface area contributed by atoms with Crippen molar-refractivity contribution in [3.8, 4) is 5.75 Å². The molecule has 0 unspecified atom stereocenters. The van der Waals surface area contributed by atoms with Gasteiger partial charge in [0.25, 0.3) is 11.8 Å². The SMILES string of the molecule is CCCCOC[C@@H](C)N1CCn2cc(C(=O)NCc3ccc(F)cc3F)c(=O)c(O)c2C1=O. The van der Waals surface area contributed by atoms with Crippen molar-refractivity contribution in [3.05, 3.63) is 63.1 Å². The number of fused-ring (bicyclic) bond motifs is 1. The Morgan fingerprint density at radius 2 is 2.03 bits per heavy atom. The summed E-state index contributed by atoms with van der Waals surface area (Å²) in [5.41, 5.74) is -1.53. The first kappa shape index (κ1) is 24.4. The van der Waals surface area contributed by atoms with Crippen LogP contribution in [-0.2, 0) is 17.8 Å². The summed E-state index contributed by atoms with van der Waals surface area (Å²) in [4.78, 5) is 39.6. The van der Waals surface area contributed by atoms with Gasteiger partial charge in [-0.15, -0.1) is 0 Å². The van der Waals surface area contributed by atoms with E-state index in [2.05, 4.69) is 5.32 Å². The molecule has 8 nitrogen and oxygen atoms in total. The number of aromatic nitrogens is 1. The Labute approximate surface area is 189 Å². The molecule has 0 spiro atoms. The topological polar surface area (TPSA) is 101 Å². The summed E-state index contributed by atoms with van der Waals surface area (Å²) < 4.78 is 33.8. The minimum atomic E-state index is -1.000. The van der Waals surface area contributed by atoms with Crippen LogP contribution in [0.2, 0.25) is 0 Å². The van der Waals surface area contributed by atoms with Crippen molar-refractivity contribution in [3.63, 3.8) is 0 Å². The molecule has 2 N–H and O–H groups in total. The summed E-state index contributed by atoms with van der Waals surface area (Å²) in [6.07, 6.45) is 3.12. The molecule has 178 valence electrons. The third-order valence-electron chi connectivity index (χ3n) is 5.53. The third kappa shape index (κ3) is 5.39. The van der Waals surface area contributed by atoms with Crippen LogP contribution in [0.3, 0.4) is 0 Å². The first-order valence-corrected chi connectivity index (χ1v) is 10.8. The zero-order valence-electron chi connectivity index (χ0n) is 18.6. The number of aromatic hydroxyl groups is 1. The van der Waals surface area contributed by atoms with Gasteiger partial charge in [-0.1, -0.05) is 19.4 Å². The van der Waals surface area contributed by atoms with Gasteiger partial charge >= 0.3 is 0 Å². The highest BCUT2D eigenvalue weighted by Crippen LogP contribution is 2.22. The van der Waals surface area contributed by atoms with Crippen LogP contribution in [0.1, 0.15) is 53.1 Å². The maximum absolute atomic E-state index is 13.8. The Bertz CT molecular complexity index is 1100. The van der Waals surface area contributed by atoms with Gasteiger partial charge in [0.05, 0.1) is 12.6 Å². The normalized spacial score (nSPS) is 14.2. The molecule has 1 aliphatic heterocycles. The highest BCUT2D eigenvalue weighted by molar-refractivity contribution is 5.99. The molecule has 3 rings (SSSR count). The molecule has 1 aromatic carbocycles. The summed E-state index contributed by atoms with van der Waals surface area (Å²) in [7, 11) is 0. The zero-order chi connectivity index (χ0) is 24.1. The van der Waals surface area contributed by atoms with Crippen LogP contribution >= 0.6 is 0 Å². The lowest BCUT2D eigenvalue weighted by molar-refractivity contribution is 0.0398. The first-order valence-electron chi connectivity index (χ1n) is 10.8.